The minimum absolute atomic E-state index is 0.0793. The maximum Gasteiger partial charge on any atom is 0.0454 e. The van der Waals surface area contributed by atoms with E-state index < -0.39 is 0 Å². The van der Waals surface area contributed by atoms with Crippen LogP contribution in [0.1, 0.15) is 31.9 Å². The largest absolute Gasteiger partial charge is 0.396 e. The predicted octanol–water partition coefficient (Wildman–Crippen LogP) is 2.05. The number of hydrogen-bond acceptors (Lipinski definition) is 3. The quantitative estimate of drug-likeness (QED) is 0.882. The summed E-state index contributed by atoms with van der Waals surface area (Å²) in [5, 5.41) is 9.02. The Morgan fingerprint density at radius 2 is 2.20 bits per heavy atom. The van der Waals surface area contributed by atoms with E-state index in [-0.39, 0.29) is 18.1 Å². The van der Waals surface area contributed by atoms with Gasteiger partial charge >= 0.3 is 0 Å². The van der Waals surface area contributed by atoms with Crippen molar-refractivity contribution in [3.8, 4) is 0 Å². The summed E-state index contributed by atoms with van der Waals surface area (Å²) in [6.45, 7) is 4.04. The minimum atomic E-state index is -0.371. The van der Waals surface area contributed by atoms with E-state index in [0.29, 0.717) is 6.42 Å². The molecule has 0 aliphatic rings. The monoisotopic (exact) mass is 272 g/mol. The maximum atomic E-state index is 9.02. The normalized spacial score (nSPS) is 13.9. The zero-order valence-electron chi connectivity index (χ0n) is 9.07. The third-order valence-electron chi connectivity index (χ3n) is 2.42. The van der Waals surface area contributed by atoms with Gasteiger partial charge in [-0.25, -0.2) is 0 Å². The van der Waals surface area contributed by atoms with E-state index in [1.54, 1.807) is 6.20 Å². The molecule has 0 aromatic carbocycles. The van der Waals surface area contributed by atoms with Crippen LogP contribution in [0.3, 0.4) is 0 Å². The first-order chi connectivity index (χ1) is 6.95. The fourth-order valence-electron chi connectivity index (χ4n) is 1.62. The highest BCUT2D eigenvalue weighted by molar-refractivity contribution is 9.10. The number of halogens is 1. The molecule has 1 rings (SSSR count). The van der Waals surface area contributed by atoms with Crippen molar-refractivity contribution in [1.29, 1.82) is 0 Å². The van der Waals surface area contributed by atoms with Crippen LogP contribution in [0, 0.1) is 0 Å². The van der Waals surface area contributed by atoms with E-state index in [4.69, 9.17) is 10.8 Å². The lowest BCUT2D eigenvalue weighted by Gasteiger charge is -2.29. The van der Waals surface area contributed by atoms with E-state index in [0.717, 1.165) is 10.2 Å². The molecule has 0 aliphatic carbocycles. The molecule has 1 atom stereocenters. The van der Waals surface area contributed by atoms with Crippen LogP contribution >= 0.6 is 15.9 Å². The number of rotatable bonds is 4. The maximum absolute atomic E-state index is 9.02. The number of nitrogens with zero attached hydrogens (tertiary/aromatic N) is 1. The Kier molecular flexibility index (Phi) is 4.25. The molecule has 0 amide bonds. The number of pyridine rings is 1. The number of aliphatic hydroxyl groups is 1. The van der Waals surface area contributed by atoms with Gasteiger partial charge in [0.05, 0.1) is 0 Å². The summed E-state index contributed by atoms with van der Waals surface area (Å²) in [7, 11) is 0. The van der Waals surface area contributed by atoms with Crippen LogP contribution in [0.15, 0.2) is 22.8 Å². The summed E-state index contributed by atoms with van der Waals surface area (Å²) in [5.41, 5.74) is 6.63. The second kappa shape index (κ2) is 5.05. The van der Waals surface area contributed by atoms with Gasteiger partial charge in [-0.1, -0.05) is 0 Å². The van der Waals surface area contributed by atoms with Gasteiger partial charge in [-0.05, 0) is 48.3 Å². The summed E-state index contributed by atoms with van der Waals surface area (Å²) in [6.07, 6.45) is 2.39. The summed E-state index contributed by atoms with van der Waals surface area (Å²) in [6, 6.07) is 3.89. The lowest BCUT2D eigenvalue weighted by molar-refractivity contribution is 0.248. The smallest absolute Gasteiger partial charge is 0.0454 e. The molecule has 0 spiro atoms. The van der Waals surface area contributed by atoms with E-state index in [1.165, 1.54) is 0 Å². The van der Waals surface area contributed by atoms with E-state index >= 15 is 0 Å². The average molecular weight is 273 g/mol. The molecule has 15 heavy (non-hydrogen) atoms. The van der Waals surface area contributed by atoms with Gasteiger partial charge in [0, 0.05) is 34.4 Å². The Bertz CT molecular complexity index is 305. The van der Waals surface area contributed by atoms with Crippen molar-refractivity contribution >= 4 is 15.9 Å². The van der Waals surface area contributed by atoms with Crippen molar-refractivity contribution in [2.45, 2.75) is 31.7 Å². The number of hydrogen-bond donors (Lipinski definition) is 2. The van der Waals surface area contributed by atoms with Crippen molar-refractivity contribution in [2.24, 2.45) is 5.73 Å². The molecule has 0 saturated carbocycles. The average Bonchev–Trinajstić information content (AvgIpc) is 2.14. The molecule has 1 aromatic heterocycles. The lowest BCUT2D eigenvalue weighted by atomic mass is 9.83. The second-order valence-corrected chi connectivity index (χ2v) is 5.20. The zero-order chi connectivity index (χ0) is 11.5. The lowest BCUT2D eigenvalue weighted by Crippen LogP contribution is -2.40. The molecular formula is C11H17BrN2O. The van der Waals surface area contributed by atoms with Crippen LogP contribution < -0.4 is 5.73 Å². The van der Waals surface area contributed by atoms with E-state index in [1.807, 2.05) is 26.0 Å². The van der Waals surface area contributed by atoms with Crippen molar-refractivity contribution in [3.63, 3.8) is 0 Å². The highest BCUT2D eigenvalue weighted by Crippen LogP contribution is 2.28. The van der Waals surface area contributed by atoms with Crippen molar-refractivity contribution in [3.05, 3.63) is 28.5 Å². The van der Waals surface area contributed by atoms with Gasteiger partial charge in [-0.2, -0.15) is 0 Å². The van der Waals surface area contributed by atoms with Gasteiger partial charge in [0.2, 0.25) is 0 Å². The molecule has 0 saturated heterocycles. The molecule has 1 heterocycles. The molecule has 4 heteroatoms. The first kappa shape index (κ1) is 12.6. The Morgan fingerprint density at radius 1 is 1.53 bits per heavy atom. The fourth-order valence-corrected chi connectivity index (χ4v) is 1.86. The van der Waals surface area contributed by atoms with Crippen LogP contribution in [-0.4, -0.2) is 22.2 Å². The van der Waals surface area contributed by atoms with Gasteiger partial charge in [0.15, 0.2) is 0 Å². The standard InChI is InChI=1S/C11H17BrN2O/c1-11(2,13)9(5-6-15)10-4-3-8(12)7-14-10/h3-4,7,9,15H,5-6,13H2,1-2H3. The number of nitrogens with two attached hydrogens (primary N) is 1. The molecule has 3 nitrogen and oxygen atoms in total. The Labute approximate surface area is 98.8 Å². The van der Waals surface area contributed by atoms with Crippen LogP contribution in [0.2, 0.25) is 0 Å². The highest BCUT2D eigenvalue weighted by atomic mass is 79.9. The fraction of sp³-hybridized carbons (Fsp3) is 0.545. The van der Waals surface area contributed by atoms with Gasteiger partial charge < -0.3 is 10.8 Å². The summed E-state index contributed by atoms with van der Waals surface area (Å²) >= 11 is 3.34. The van der Waals surface area contributed by atoms with Gasteiger partial charge in [-0.15, -0.1) is 0 Å². The van der Waals surface area contributed by atoms with E-state index in [9.17, 15) is 0 Å². The Hall–Kier alpha value is -0.450. The number of aromatic nitrogens is 1. The van der Waals surface area contributed by atoms with Crippen LogP contribution in [-0.2, 0) is 0 Å². The molecule has 0 radical (unpaired) electrons. The van der Waals surface area contributed by atoms with Crippen molar-refractivity contribution < 1.29 is 5.11 Å². The first-order valence-corrected chi connectivity index (χ1v) is 5.75. The zero-order valence-corrected chi connectivity index (χ0v) is 10.7. The van der Waals surface area contributed by atoms with Crippen LogP contribution in [0.4, 0.5) is 0 Å². The Morgan fingerprint density at radius 3 is 2.60 bits per heavy atom. The molecule has 0 fully saturated rings. The molecule has 0 bridgehead atoms. The number of aliphatic hydroxyl groups excluding tert-OH is 1. The topological polar surface area (TPSA) is 59.1 Å². The van der Waals surface area contributed by atoms with Crippen molar-refractivity contribution in [2.75, 3.05) is 6.61 Å². The molecule has 0 aliphatic heterocycles. The molecule has 1 unspecified atom stereocenters. The van der Waals surface area contributed by atoms with Gasteiger partial charge in [0.1, 0.15) is 0 Å². The molecule has 3 N–H and O–H groups in total. The van der Waals surface area contributed by atoms with Gasteiger partial charge in [-0.3, -0.25) is 4.98 Å². The Balaban J connectivity index is 2.94. The first-order valence-electron chi connectivity index (χ1n) is 4.96. The summed E-state index contributed by atoms with van der Waals surface area (Å²) < 4.78 is 0.948. The minimum Gasteiger partial charge on any atom is -0.396 e. The predicted molar refractivity (Wildman–Crippen MR) is 64.6 cm³/mol. The third kappa shape index (κ3) is 3.55. The molecule has 1 aromatic rings. The van der Waals surface area contributed by atoms with Crippen molar-refractivity contribution in [1.82, 2.24) is 4.98 Å². The molecular weight excluding hydrogens is 256 g/mol. The SMILES string of the molecule is CC(C)(N)C(CCO)c1ccc(Br)cn1. The van der Waals surface area contributed by atoms with Gasteiger partial charge in [0.25, 0.3) is 0 Å². The van der Waals surface area contributed by atoms with Crippen LogP contribution in [0.25, 0.3) is 0 Å². The summed E-state index contributed by atoms with van der Waals surface area (Å²) in [4.78, 5) is 4.33. The second-order valence-electron chi connectivity index (χ2n) is 4.29. The van der Waals surface area contributed by atoms with E-state index in [2.05, 4.69) is 20.9 Å². The molecule has 84 valence electrons. The highest BCUT2D eigenvalue weighted by Gasteiger charge is 2.27. The third-order valence-corrected chi connectivity index (χ3v) is 2.89. The van der Waals surface area contributed by atoms with Crippen LogP contribution in [0.5, 0.6) is 0 Å². The summed E-state index contributed by atoms with van der Waals surface area (Å²) in [5.74, 6) is 0.0793.